The normalized spacial score (nSPS) is 14.5. The van der Waals surface area contributed by atoms with Gasteiger partial charge in [-0.15, -0.1) is 0 Å². The predicted octanol–water partition coefficient (Wildman–Crippen LogP) is 5.67. The Morgan fingerprint density at radius 1 is 0.558 bits per heavy atom. The molecule has 5 aromatic rings. The summed E-state index contributed by atoms with van der Waals surface area (Å²) >= 11 is 0. The van der Waals surface area contributed by atoms with E-state index in [9.17, 15) is 0 Å². The number of rotatable bonds is 7. The molecule has 0 saturated heterocycles. The van der Waals surface area contributed by atoms with Crippen molar-refractivity contribution in [3.8, 4) is 0 Å². The molecule has 2 aliphatic rings. The van der Waals surface area contributed by atoms with E-state index in [-0.39, 0.29) is 0 Å². The summed E-state index contributed by atoms with van der Waals surface area (Å²) in [5.74, 6) is 1.55. The van der Waals surface area contributed by atoms with E-state index in [0.717, 1.165) is 6.54 Å². The van der Waals surface area contributed by atoms with Gasteiger partial charge < -0.3 is 0 Å². The molecule has 7 rings (SSSR count). The van der Waals surface area contributed by atoms with Crippen molar-refractivity contribution in [2.24, 2.45) is 0 Å². The fourth-order valence-electron chi connectivity index (χ4n) is 7.18. The minimum atomic E-state index is -1.22. The molecule has 0 unspecified atom stereocenters. The summed E-state index contributed by atoms with van der Waals surface area (Å²) in [6.45, 7) is 8.94. The van der Waals surface area contributed by atoms with E-state index >= 15 is 0 Å². The third-order valence-electron chi connectivity index (χ3n) is 9.18. The van der Waals surface area contributed by atoms with Crippen LogP contribution in [0.3, 0.4) is 0 Å². The van der Waals surface area contributed by atoms with Crippen molar-refractivity contribution in [1.29, 1.82) is 0 Å². The van der Waals surface area contributed by atoms with E-state index in [4.69, 9.17) is 0 Å². The monoisotopic (exact) mass is 560 g/mol. The first-order valence-electron chi connectivity index (χ1n) is 15.7. The lowest BCUT2D eigenvalue weighted by atomic mass is 9.13. The van der Waals surface area contributed by atoms with Crippen molar-refractivity contribution < 1.29 is 4.58 Å². The molecule has 0 saturated carbocycles. The van der Waals surface area contributed by atoms with E-state index in [1.165, 1.54) is 71.9 Å². The minimum Gasteiger partial charge on any atom is -0.266 e. The highest BCUT2D eigenvalue weighted by molar-refractivity contribution is 7.19. The first-order valence-corrected chi connectivity index (χ1v) is 15.7. The maximum absolute atomic E-state index is 4.26. The smallest absolute Gasteiger partial charge is 0.247 e. The molecule has 3 heteroatoms. The molecule has 0 bridgehead atoms. The molecular formula is C40H41BN2. The largest absolute Gasteiger partial charge is 0.266 e. The van der Waals surface area contributed by atoms with Crippen molar-refractivity contribution in [3.05, 3.63) is 164 Å². The second kappa shape index (κ2) is 13.6. The second-order valence-corrected chi connectivity index (χ2v) is 11.8. The van der Waals surface area contributed by atoms with Crippen LogP contribution in [-0.4, -0.2) is 47.6 Å². The molecule has 43 heavy (non-hydrogen) atoms. The Balaban J connectivity index is 0.000000162. The third-order valence-corrected chi connectivity index (χ3v) is 9.18. The molecule has 0 spiro atoms. The van der Waals surface area contributed by atoms with Gasteiger partial charge in [0, 0.05) is 6.42 Å². The maximum atomic E-state index is 4.26. The van der Waals surface area contributed by atoms with Crippen molar-refractivity contribution in [2.45, 2.75) is 19.3 Å². The summed E-state index contributed by atoms with van der Waals surface area (Å²) in [6, 6.07) is 54.1. The molecule has 214 valence electrons. The van der Waals surface area contributed by atoms with Crippen LogP contribution in [0.4, 0.5) is 0 Å². The number of benzene rings is 5. The number of hydrogen-bond acceptors (Lipinski definition) is 1. The van der Waals surface area contributed by atoms with Crippen LogP contribution in [0, 0.1) is 0 Å². The molecule has 2 nitrogen and oxygen atoms in total. The van der Waals surface area contributed by atoms with Crippen LogP contribution in [0.1, 0.15) is 24.8 Å². The van der Waals surface area contributed by atoms with Gasteiger partial charge in [0.1, 0.15) is 12.7 Å². The lowest BCUT2D eigenvalue weighted by Gasteiger charge is -2.44. The van der Waals surface area contributed by atoms with Gasteiger partial charge in [-0.3, -0.25) is 9.48 Å². The summed E-state index contributed by atoms with van der Waals surface area (Å²) in [4.78, 5) is 2.53. The predicted molar refractivity (Wildman–Crippen MR) is 186 cm³/mol. The zero-order valence-corrected chi connectivity index (χ0v) is 25.1. The molecule has 0 aliphatic carbocycles. The average Bonchev–Trinajstić information content (AvgIpc) is 3.58. The van der Waals surface area contributed by atoms with Gasteiger partial charge in [-0.05, 0) is 17.6 Å². The zero-order chi connectivity index (χ0) is 29.3. The molecule has 0 aromatic heterocycles. The van der Waals surface area contributed by atoms with Gasteiger partial charge in [-0.25, -0.2) is 0 Å². The fraction of sp³-hybridized carbons (Fsp3) is 0.175. The lowest BCUT2D eigenvalue weighted by molar-refractivity contribution is -0.529. The van der Waals surface area contributed by atoms with Crippen LogP contribution in [0.5, 0.6) is 0 Å². The molecule has 2 aliphatic heterocycles. The van der Waals surface area contributed by atoms with Crippen molar-refractivity contribution in [1.82, 2.24) is 4.90 Å². The Labute approximate surface area is 257 Å². The van der Waals surface area contributed by atoms with Gasteiger partial charge >= 0.3 is 0 Å². The van der Waals surface area contributed by atoms with Gasteiger partial charge in [0.15, 0.2) is 0 Å². The van der Waals surface area contributed by atoms with Gasteiger partial charge in [0.25, 0.3) is 0 Å². The first-order chi connectivity index (χ1) is 21.3. The van der Waals surface area contributed by atoms with Crippen LogP contribution in [0.2, 0.25) is 0 Å². The summed E-state index contributed by atoms with van der Waals surface area (Å²) in [5, 5.41) is 0. The summed E-state index contributed by atoms with van der Waals surface area (Å²) in [5.41, 5.74) is 7.86. The average molecular weight is 561 g/mol. The van der Waals surface area contributed by atoms with Gasteiger partial charge in [-0.2, -0.15) is 21.9 Å². The Morgan fingerprint density at radius 2 is 0.953 bits per heavy atom. The van der Waals surface area contributed by atoms with E-state index in [2.05, 4.69) is 168 Å². The molecule has 5 aromatic carbocycles. The lowest BCUT2D eigenvalue weighted by Crippen LogP contribution is -2.74. The van der Waals surface area contributed by atoms with Gasteiger partial charge in [-0.1, -0.05) is 158 Å². The standard InChI is InChI=1S/C24H20B.C16H21N2/c1-5-13-21(14-6-1)25(22-15-7-2-8-16-22,23-17-9-3-10-18-23)24-19-11-4-12-20-24;1-14(15-7-3-2-4-8-15)13-18-12-6-11-17-10-5-9-16(17)18/h1-20H;2-4,7-8H,1,5-6,9-13H2/q-1;+1. The van der Waals surface area contributed by atoms with E-state index in [0.29, 0.717) is 0 Å². The minimum absolute atomic E-state index is 0.982. The highest BCUT2D eigenvalue weighted by Gasteiger charge is 2.32. The van der Waals surface area contributed by atoms with E-state index in [1.54, 1.807) is 5.84 Å². The molecular weight excluding hydrogens is 519 g/mol. The molecule has 0 radical (unpaired) electrons. The fourth-order valence-corrected chi connectivity index (χ4v) is 7.18. The van der Waals surface area contributed by atoms with Crippen LogP contribution < -0.4 is 21.9 Å². The van der Waals surface area contributed by atoms with Crippen LogP contribution in [-0.2, 0) is 0 Å². The van der Waals surface area contributed by atoms with Crippen LogP contribution in [0.15, 0.2) is 158 Å². The Morgan fingerprint density at radius 3 is 1.40 bits per heavy atom. The number of nitrogens with zero attached hydrogens (tertiary/aromatic N) is 2. The molecule has 0 atom stereocenters. The van der Waals surface area contributed by atoms with Crippen LogP contribution >= 0.6 is 0 Å². The Bertz CT molecular complexity index is 1470. The Kier molecular flexibility index (Phi) is 8.99. The number of amidine groups is 1. The summed E-state index contributed by atoms with van der Waals surface area (Å²) in [6.07, 6.45) is 2.64. The SMILES string of the molecule is C=C(CN1CCC[N+]2=C1CCC2)c1ccccc1.c1ccc([B-](c2ccccc2)(c2ccccc2)c2ccccc2)cc1. The molecule has 0 amide bonds. The van der Waals surface area contributed by atoms with Crippen molar-refractivity contribution >= 4 is 39.4 Å². The molecule has 0 N–H and O–H groups in total. The van der Waals surface area contributed by atoms with Crippen molar-refractivity contribution in [3.63, 3.8) is 0 Å². The molecule has 0 fully saturated rings. The Hall–Kier alpha value is -4.63. The van der Waals surface area contributed by atoms with Crippen molar-refractivity contribution in [2.75, 3.05) is 26.2 Å². The van der Waals surface area contributed by atoms with E-state index in [1.807, 2.05) is 0 Å². The summed E-state index contributed by atoms with van der Waals surface area (Å²) < 4.78 is 2.56. The third kappa shape index (κ3) is 6.13. The first kappa shape index (κ1) is 28.5. The second-order valence-electron chi connectivity index (χ2n) is 11.8. The maximum Gasteiger partial charge on any atom is 0.247 e. The van der Waals surface area contributed by atoms with Gasteiger partial charge in [0.05, 0.1) is 26.1 Å². The highest BCUT2D eigenvalue weighted by atomic mass is 15.3. The number of hydrogen-bond donors (Lipinski definition) is 0. The van der Waals surface area contributed by atoms with E-state index < -0.39 is 6.15 Å². The quantitative estimate of drug-likeness (QED) is 0.184. The van der Waals surface area contributed by atoms with Crippen LogP contribution in [0.25, 0.3) is 5.57 Å². The summed E-state index contributed by atoms with van der Waals surface area (Å²) in [7, 11) is 0. The molecule has 2 heterocycles. The zero-order valence-electron chi connectivity index (χ0n) is 25.1. The topological polar surface area (TPSA) is 6.25 Å². The van der Waals surface area contributed by atoms with Gasteiger partial charge in [0.2, 0.25) is 5.84 Å². The highest BCUT2D eigenvalue weighted by Crippen LogP contribution is 2.19.